The second-order valence-corrected chi connectivity index (χ2v) is 11.2. The Bertz CT molecular complexity index is 1260. The molecule has 0 bridgehead atoms. The molecule has 0 aliphatic carbocycles. The molecule has 2 heterocycles. The van der Waals surface area contributed by atoms with Gasteiger partial charge in [0, 0.05) is 18.2 Å². The molecule has 2 aliphatic rings. The number of fused-ring (bicyclic) bond motifs is 4. The molecule has 3 aromatic rings. The normalized spacial score (nSPS) is 21.5. The van der Waals surface area contributed by atoms with Crippen molar-refractivity contribution in [2.24, 2.45) is 5.92 Å². The molecule has 5 heteroatoms. The van der Waals surface area contributed by atoms with Crippen LogP contribution in [0.3, 0.4) is 0 Å². The third kappa shape index (κ3) is 2.98. The standard InChI is InChI=1S/C26H28N2O2S/c1-17-12-14-19(15-13-17)31(29,30)28-16-22-25(20-9-5-6-11-23(20)28)27-24-18(2)8-7-10-21(24)26(22,3)4/h5-15,22,25,27H,16H2,1-4H3/t22-,25-/m1/s1. The van der Waals surface area contributed by atoms with Crippen molar-refractivity contribution in [3.63, 3.8) is 0 Å². The fourth-order valence-electron chi connectivity index (χ4n) is 5.22. The number of anilines is 2. The predicted octanol–water partition coefficient (Wildman–Crippen LogP) is 5.57. The fourth-order valence-corrected chi connectivity index (χ4v) is 6.73. The lowest BCUT2D eigenvalue weighted by Crippen LogP contribution is -2.52. The Balaban J connectivity index is 1.68. The molecule has 0 spiro atoms. The molecule has 4 nitrogen and oxygen atoms in total. The van der Waals surface area contributed by atoms with Gasteiger partial charge >= 0.3 is 0 Å². The summed E-state index contributed by atoms with van der Waals surface area (Å²) >= 11 is 0. The largest absolute Gasteiger partial charge is 0.377 e. The Morgan fingerprint density at radius 3 is 2.39 bits per heavy atom. The molecule has 0 radical (unpaired) electrons. The Morgan fingerprint density at radius 2 is 1.65 bits per heavy atom. The first-order valence-corrected chi connectivity index (χ1v) is 12.2. The molecule has 31 heavy (non-hydrogen) atoms. The first-order valence-electron chi connectivity index (χ1n) is 10.8. The summed E-state index contributed by atoms with van der Waals surface area (Å²) in [5, 5.41) is 3.78. The molecule has 0 saturated heterocycles. The zero-order valence-electron chi connectivity index (χ0n) is 18.4. The van der Waals surface area contributed by atoms with Crippen LogP contribution in [0.5, 0.6) is 0 Å². The van der Waals surface area contributed by atoms with Gasteiger partial charge in [0.05, 0.1) is 16.6 Å². The van der Waals surface area contributed by atoms with E-state index in [0.29, 0.717) is 11.4 Å². The van der Waals surface area contributed by atoms with Crippen LogP contribution in [0.1, 0.15) is 42.1 Å². The van der Waals surface area contributed by atoms with Gasteiger partial charge in [-0.2, -0.15) is 0 Å². The maximum Gasteiger partial charge on any atom is 0.264 e. The first-order chi connectivity index (χ1) is 14.7. The minimum Gasteiger partial charge on any atom is -0.377 e. The average Bonchev–Trinajstić information content (AvgIpc) is 2.74. The summed E-state index contributed by atoms with van der Waals surface area (Å²) in [6.07, 6.45) is 0. The van der Waals surface area contributed by atoms with Gasteiger partial charge in [0.1, 0.15) is 0 Å². The maximum absolute atomic E-state index is 13.8. The van der Waals surface area contributed by atoms with E-state index in [0.717, 1.165) is 16.8 Å². The van der Waals surface area contributed by atoms with Crippen molar-refractivity contribution in [1.82, 2.24) is 0 Å². The van der Waals surface area contributed by atoms with E-state index < -0.39 is 10.0 Å². The summed E-state index contributed by atoms with van der Waals surface area (Å²) in [5.74, 6) is 0.0944. The molecule has 0 saturated carbocycles. The molecule has 1 N–H and O–H groups in total. The van der Waals surface area contributed by atoms with Gasteiger partial charge in [0.15, 0.2) is 0 Å². The topological polar surface area (TPSA) is 49.4 Å². The van der Waals surface area contributed by atoms with Crippen molar-refractivity contribution in [1.29, 1.82) is 0 Å². The SMILES string of the molecule is Cc1ccc(S(=O)(=O)N2C[C@@H]3[C@H](Nc4c(C)cccc4C3(C)C)c3ccccc32)cc1. The van der Waals surface area contributed by atoms with Crippen LogP contribution >= 0.6 is 0 Å². The Labute approximate surface area is 185 Å². The number of para-hydroxylation sites is 2. The number of nitrogens with one attached hydrogen (secondary N) is 1. The molecule has 0 fully saturated rings. The number of nitrogens with zero attached hydrogens (tertiary/aromatic N) is 1. The molecule has 5 rings (SSSR count). The second kappa shape index (κ2) is 6.86. The number of sulfonamides is 1. The molecule has 160 valence electrons. The zero-order chi connectivity index (χ0) is 22.0. The highest BCUT2D eigenvalue weighted by molar-refractivity contribution is 7.92. The number of benzene rings is 3. The lowest BCUT2D eigenvalue weighted by Gasteiger charge is -2.51. The number of hydrogen-bond donors (Lipinski definition) is 1. The Kier molecular flexibility index (Phi) is 4.45. The molecular weight excluding hydrogens is 404 g/mol. The lowest BCUT2D eigenvalue weighted by atomic mass is 9.64. The summed E-state index contributed by atoms with van der Waals surface area (Å²) in [4.78, 5) is 0.337. The summed E-state index contributed by atoms with van der Waals surface area (Å²) < 4.78 is 29.1. The van der Waals surface area contributed by atoms with Crippen molar-refractivity contribution >= 4 is 21.4 Å². The van der Waals surface area contributed by atoms with Crippen LogP contribution in [0, 0.1) is 19.8 Å². The van der Waals surface area contributed by atoms with E-state index in [9.17, 15) is 8.42 Å². The number of hydrogen-bond acceptors (Lipinski definition) is 3. The van der Waals surface area contributed by atoms with Crippen molar-refractivity contribution in [3.05, 3.63) is 89.0 Å². The Hall–Kier alpha value is -2.79. The van der Waals surface area contributed by atoms with Gasteiger partial charge in [-0.25, -0.2) is 8.42 Å². The molecular formula is C26H28N2O2S. The lowest BCUT2D eigenvalue weighted by molar-refractivity contribution is 0.269. The quantitative estimate of drug-likeness (QED) is 0.576. The smallest absolute Gasteiger partial charge is 0.264 e. The van der Waals surface area contributed by atoms with Crippen LogP contribution in [-0.2, 0) is 15.4 Å². The van der Waals surface area contributed by atoms with Crippen molar-refractivity contribution < 1.29 is 8.42 Å². The van der Waals surface area contributed by atoms with Gasteiger partial charge in [0.25, 0.3) is 10.0 Å². The third-order valence-corrected chi connectivity index (χ3v) is 8.90. The number of aryl methyl sites for hydroxylation is 2. The highest BCUT2D eigenvalue weighted by Gasteiger charge is 2.49. The van der Waals surface area contributed by atoms with E-state index in [2.05, 4.69) is 50.4 Å². The van der Waals surface area contributed by atoms with Crippen molar-refractivity contribution in [2.75, 3.05) is 16.2 Å². The van der Waals surface area contributed by atoms with Crippen molar-refractivity contribution in [3.8, 4) is 0 Å². The minimum absolute atomic E-state index is 0.0595. The molecule has 0 unspecified atom stereocenters. The van der Waals surface area contributed by atoms with Crippen LogP contribution in [-0.4, -0.2) is 15.0 Å². The van der Waals surface area contributed by atoms with Crippen LogP contribution < -0.4 is 9.62 Å². The number of rotatable bonds is 2. The maximum atomic E-state index is 13.8. The van der Waals surface area contributed by atoms with Gasteiger partial charge in [-0.05, 0) is 54.2 Å². The van der Waals surface area contributed by atoms with Gasteiger partial charge in [-0.15, -0.1) is 0 Å². The van der Waals surface area contributed by atoms with Crippen LogP contribution in [0.4, 0.5) is 11.4 Å². The Morgan fingerprint density at radius 1 is 0.935 bits per heavy atom. The molecule has 0 amide bonds. The summed E-state index contributed by atoms with van der Waals surface area (Å²) in [6.45, 7) is 9.02. The highest BCUT2D eigenvalue weighted by Crippen LogP contribution is 2.54. The van der Waals surface area contributed by atoms with E-state index in [4.69, 9.17) is 0 Å². The summed E-state index contributed by atoms with van der Waals surface area (Å²) in [7, 11) is -3.67. The average molecular weight is 433 g/mol. The first kappa shape index (κ1) is 20.1. The summed E-state index contributed by atoms with van der Waals surface area (Å²) in [6, 6.07) is 21.5. The second-order valence-electron chi connectivity index (χ2n) is 9.36. The van der Waals surface area contributed by atoms with Crippen molar-refractivity contribution in [2.45, 2.75) is 44.0 Å². The van der Waals surface area contributed by atoms with E-state index in [-0.39, 0.29) is 17.4 Å². The fraction of sp³-hybridized carbons (Fsp3) is 0.308. The monoisotopic (exact) mass is 432 g/mol. The van der Waals surface area contributed by atoms with E-state index in [1.165, 1.54) is 16.8 Å². The van der Waals surface area contributed by atoms with E-state index in [1.807, 2.05) is 37.3 Å². The molecule has 2 aliphatic heterocycles. The van der Waals surface area contributed by atoms with Gasteiger partial charge in [-0.3, -0.25) is 4.31 Å². The van der Waals surface area contributed by atoms with Gasteiger partial charge in [0.2, 0.25) is 0 Å². The van der Waals surface area contributed by atoms with E-state index in [1.54, 1.807) is 16.4 Å². The van der Waals surface area contributed by atoms with Crippen LogP contribution in [0.15, 0.2) is 71.6 Å². The zero-order valence-corrected chi connectivity index (χ0v) is 19.2. The van der Waals surface area contributed by atoms with Gasteiger partial charge < -0.3 is 5.32 Å². The molecule has 0 aromatic heterocycles. The van der Waals surface area contributed by atoms with Crippen LogP contribution in [0.25, 0.3) is 0 Å². The van der Waals surface area contributed by atoms with E-state index >= 15 is 0 Å². The predicted molar refractivity (Wildman–Crippen MR) is 126 cm³/mol. The molecule has 3 aromatic carbocycles. The van der Waals surface area contributed by atoms with Gasteiger partial charge in [-0.1, -0.05) is 67.9 Å². The third-order valence-electron chi connectivity index (χ3n) is 7.11. The minimum atomic E-state index is -3.67. The summed E-state index contributed by atoms with van der Waals surface area (Å²) in [5.41, 5.74) is 6.31. The highest BCUT2D eigenvalue weighted by atomic mass is 32.2. The van der Waals surface area contributed by atoms with Crippen LogP contribution in [0.2, 0.25) is 0 Å². The molecule has 2 atom stereocenters.